The molecule has 1 N–H and O–H groups in total. The zero-order chi connectivity index (χ0) is 16.5. The molecule has 0 radical (unpaired) electrons. The summed E-state index contributed by atoms with van der Waals surface area (Å²) >= 11 is 0. The number of benzene rings is 2. The van der Waals surface area contributed by atoms with Gasteiger partial charge < -0.3 is 19.3 Å². The molecule has 120 valence electrons. The quantitative estimate of drug-likeness (QED) is 0.598. The molecule has 2 aromatic carbocycles. The third-order valence-electron chi connectivity index (χ3n) is 2.99. The van der Waals surface area contributed by atoms with Crippen LogP contribution in [-0.4, -0.2) is 31.4 Å². The third kappa shape index (κ3) is 5.39. The van der Waals surface area contributed by atoms with Crippen LogP contribution in [0.25, 0.3) is 6.08 Å². The van der Waals surface area contributed by atoms with Crippen LogP contribution < -0.4 is 14.2 Å². The Balaban J connectivity index is 1.85. The Morgan fingerprint density at radius 1 is 1.00 bits per heavy atom. The number of carbonyl (C=O) groups is 1. The smallest absolute Gasteiger partial charge is 0.328 e. The van der Waals surface area contributed by atoms with Crippen molar-refractivity contribution in [3.8, 4) is 17.2 Å². The standard InChI is InChI=1S/C18H18O5/c1-21-15-7-9-16(10-8-15)22-12-13-23-17-5-3-2-4-14(17)6-11-18(19)20/h2-11H,12-13H2,1H3,(H,19,20). The van der Waals surface area contributed by atoms with Gasteiger partial charge in [0.1, 0.15) is 30.5 Å². The number of rotatable bonds is 8. The SMILES string of the molecule is COc1ccc(OCCOc2ccccc2C=CC(=O)O)cc1. The summed E-state index contributed by atoms with van der Waals surface area (Å²) in [6, 6.07) is 14.5. The fourth-order valence-corrected chi connectivity index (χ4v) is 1.89. The van der Waals surface area contributed by atoms with Gasteiger partial charge in [0, 0.05) is 11.6 Å². The molecule has 0 bridgehead atoms. The van der Waals surface area contributed by atoms with Crippen molar-refractivity contribution in [2.75, 3.05) is 20.3 Å². The second kappa shape index (κ2) is 8.48. The van der Waals surface area contributed by atoms with Crippen LogP contribution in [-0.2, 0) is 4.79 Å². The Morgan fingerprint density at radius 3 is 2.35 bits per heavy atom. The van der Waals surface area contributed by atoms with E-state index < -0.39 is 5.97 Å². The van der Waals surface area contributed by atoms with Gasteiger partial charge in [-0.1, -0.05) is 18.2 Å². The molecule has 23 heavy (non-hydrogen) atoms. The molecule has 0 fully saturated rings. The summed E-state index contributed by atoms with van der Waals surface area (Å²) in [4.78, 5) is 10.6. The summed E-state index contributed by atoms with van der Waals surface area (Å²) in [6.07, 6.45) is 2.58. The molecule has 0 unspecified atom stereocenters. The van der Waals surface area contributed by atoms with Gasteiger partial charge in [0.2, 0.25) is 0 Å². The minimum Gasteiger partial charge on any atom is -0.497 e. The van der Waals surface area contributed by atoms with E-state index in [1.165, 1.54) is 6.08 Å². The van der Waals surface area contributed by atoms with Gasteiger partial charge in [-0.2, -0.15) is 0 Å². The van der Waals surface area contributed by atoms with Gasteiger partial charge in [-0.05, 0) is 36.4 Å². The summed E-state index contributed by atoms with van der Waals surface area (Å²) < 4.78 is 16.3. The van der Waals surface area contributed by atoms with Crippen molar-refractivity contribution in [1.29, 1.82) is 0 Å². The summed E-state index contributed by atoms with van der Waals surface area (Å²) in [7, 11) is 1.61. The molecular weight excluding hydrogens is 296 g/mol. The summed E-state index contributed by atoms with van der Waals surface area (Å²) in [5.74, 6) is 1.12. The number of para-hydroxylation sites is 1. The molecule has 0 aliphatic heterocycles. The zero-order valence-corrected chi connectivity index (χ0v) is 12.8. The Hall–Kier alpha value is -2.95. The molecule has 0 heterocycles. The average Bonchev–Trinajstić information content (AvgIpc) is 2.58. The van der Waals surface area contributed by atoms with Crippen molar-refractivity contribution in [2.24, 2.45) is 0 Å². The van der Waals surface area contributed by atoms with Gasteiger partial charge in [-0.25, -0.2) is 4.79 Å². The topological polar surface area (TPSA) is 65.0 Å². The van der Waals surface area contributed by atoms with Crippen molar-refractivity contribution in [2.45, 2.75) is 0 Å². The van der Waals surface area contributed by atoms with Crippen molar-refractivity contribution >= 4 is 12.0 Å². The van der Waals surface area contributed by atoms with E-state index in [-0.39, 0.29) is 0 Å². The highest BCUT2D eigenvalue weighted by atomic mass is 16.5. The molecule has 0 saturated carbocycles. The maximum absolute atomic E-state index is 10.6. The largest absolute Gasteiger partial charge is 0.497 e. The summed E-state index contributed by atoms with van der Waals surface area (Å²) in [5, 5.41) is 8.69. The first-order valence-electron chi connectivity index (χ1n) is 7.09. The lowest BCUT2D eigenvalue weighted by molar-refractivity contribution is -0.131. The number of hydrogen-bond donors (Lipinski definition) is 1. The fourth-order valence-electron chi connectivity index (χ4n) is 1.89. The number of aliphatic carboxylic acids is 1. The molecule has 5 nitrogen and oxygen atoms in total. The number of ether oxygens (including phenoxy) is 3. The second-order valence-electron chi connectivity index (χ2n) is 4.58. The minimum absolute atomic E-state index is 0.351. The van der Waals surface area contributed by atoms with Crippen LogP contribution in [0.5, 0.6) is 17.2 Å². The number of hydrogen-bond acceptors (Lipinski definition) is 4. The Labute approximate surface area is 134 Å². The first-order chi connectivity index (χ1) is 11.2. The number of methoxy groups -OCH3 is 1. The molecule has 5 heteroatoms. The van der Waals surface area contributed by atoms with E-state index in [0.29, 0.717) is 24.5 Å². The van der Waals surface area contributed by atoms with Crippen LogP contribution in [0.2, 0.25) is 0 Å². The molecule has 0 atom stereocenters. The van der Waals surface area contributed by atoms with E-state index >= 15 is 0 Å². The molecular formula is C18H18O5. The number of carboxylic acid groups (broad SMARTS) is 1. The van der Waals surface area contributed by atoms with Crippen LogP contribution in [0.1, 0.15) is 5.56 Å². The van der Waals surface area contributed by atoms with E-state index in [4.69, 9.17) is 19.3 Å². The van der Waals surface area contributed by atoms with E-state index in [1.807, 2.05) is 36.4 Å². The zero-order valence-electron chi connectivity index (χ0n) is 12.8. The van der Waals surface area contributed by atoms with E-state index in [2.05, 4.69) is 0 Å². The van der Waals surface area contributed by atoms with E-state index in [0.717, 1.165) is 17.6 Å². The minimum atomic E-state index is -0.998. The van der Waals surface area contributed by atoms with Crippen molar-refractivity contribution in [3.05, 3.63) is 60.2 Å². The highest BCUT2D eigenvalue weighted by molar-refractivity contribution is 5.85. The summed E-state index contributed by atoms with van der Waals surface area (Å²) in [6.45, 7) is 0.729. The van der Waals surface area contributed by atoms with E-state index in [1.54, 1.807) is 19.2 Å². The summed E-state index contributed by atoms with van der Waals surface area (Å²) in [5.41, 5.74) is 0.708. The van der Waals surface area contributed by atoms with Crippen LogP contribution >= 0.6 is 0 Å². The molecule has 0 spiro atoms. The normalized spacial score (nSPS) is 10.5. The van der Waals surface area contributed by atoms with Gasteiger partial charge in [0.25, 0.3) is 0 Å². The number of carboxylic acids is 1. The Bertz CT molecular complexity index is 661. The van der Waals surface area contributed by atoms with Crippen LogP contribution in [0.4, 0.5) is 0 Å². The van der Waals surface area contributed by atoms with Gasteiger partial charge in [0.15, 0.2) is 0 Å². The molecule has 2 rings (SSSR count). The van der Waals surface area contributed by atoms with Crippen molar-refractivity contribution in [1.82, 2.24) is 0 Å². The Kier molecular flexibility index (Phi) is 6.06. The van der Waals surface area contributed by atoms with E-state index in [9.17, 15) is 4.79 Å². The molecule has 0 saturated heterocycles. The molecule has 0 aliphatic carbocycles. The highest BCUT2D eigenvalue weighted by Gasteiger charge is 2.01. The first-order valence-corrected chi connectivity index (χ1v) is 7.09. The maximum Gasteiger partial charge on any atom is 0.328 e. The maximum atomic E-state index is 10.6. The van der Waals surface area contributed by atoms with Gasteiger partial charge in [0.05, 0.1) is 7.11 Å². The van der Waals surface area contributed by atoms with Gasteiger partial charge in [-0.15, -0.1) is 0 Å². The van der Waals surface area contributed by atoms with Gasteiger partial charge >= 0.3 is 5.97 Å². The monoisotopic (exact) mass is 314 g/mol. The lowest BCUT2D eigenvalue weighted by Crippen LogP contribution is -2.09. The molecule has 0 aromatic heterocycles. The van der Waals surface area contributed by atoms with Gasteiger partial charge in [-0.3, -0.25) is 0 Å². The predicted octanol–water partition coefficient (Wildman–Crippen LogP) is 3.25. The predicted molar refractivity (Wildman–Crippen MR) is 87.1 cm³/mol. The lowest BCUT2D eigenvalue weighted by atomic mass is 10.2. The fraction of sp³-hybridized carbons (Fsp3) is 0.167. The molecule has 0 aliphatic rings. The lowest BCUT2D eigenvalue weighted by Gasteiger charge is -2.10. The molecule has 0 amide bonds. The third-order valence-corrected chi connectivity index (χ3v) is 2.99. The van der Waals surface area contributed by atoms with Crippen LogP contribution in [0.15, 0.2) is 54.6 Å². The average molecular weight is 314 g/mol. The molecule has 2 aromatic rings. The van der Waals surface area contributed by atoms with Crippen molar-refractivity contribution in [3.63, 3.8) is 0 Å². The second-order valence-corrected chi connectivity index (χ2v) is 4.58. The Morgan fingerprint density at radius 2 is 1.65 bits per heavy atom. The van der Waals surface area contributed by atoms with Crippen LogP contribution in [0, 0.1) is 0 Å². The van der Waals surface area contributed by atoms with Crippen LogP contribution in [0.3, 0.4) is 0 Å². The van der Waals surface area contributed by atoms with Crippen molar-refractivity contribution < 1.29 is 24.1 Å². The first kappa shape index (κ1) is 16.4. The highest BCUT2D eigenvalue weighted by Crippen LogP contribution is 2.20.